The zero-order chi connectivity index (χ0) is 10.6. The molecular weight excluding hydrogens is 313 g/mol. The Morgan fingerprint density at radius 3 is 2.29 bits per heavy atom. The van der Waals surface area contributed by atoms with Crippen LogP contribution in [-0.2, 0) is 16.4 Å². The molecule has 0 saturated carbocycles. The van der Waals surface area contributed by atoms with Gasteiger partial charge in [0.05, 0.1) is 6.26 Å². The number of alkyl halides is 1. The molecule has 0 saturated heterocycles. The Balaban J connectivity index is 2.74. The Morgan fingerprint density at radius 2 is 1.86 bits per heavy atom. The van der Waals surface area contributed by atoms with E-state index in [0.29, 0.717) is 5.69 Å². The van der Waals surface area contributed by atoms with E-state index in [1.165, 1.54) is 5.56 Å². The fourth-order valence-electron chi connectivity index (χ4n) is 1.06. The molecule has 0 spiro atoms. The topological polar surface area (TPSA) is 46.2 Å². The van der Waals surface area contributed by atoms with Gasteiger partial charge in [-0.05, 0) is 24.1 Å². The summed E-state index contributed by atoms with van der Waals surface area (Å²) < 4.78 is 25.3. The third-order valence-electron chi connectivity index (χ3n) is 1.64. The Morgan fingerprint density at radius 1 is 1.29 bits per heavy atom. The average Bonchev–Trinajstić information content (AvgIpc) is 2.06. The molecule has 1 rings (SSSR count). The number of nitrogens with one attached hydrogen (secondary N) is 1. The van der Waals surface area contributed by atoms with Gasteiger partial charge in [-0.15, -0.1) is 0 Å². The molecule has 0 aliphatic carbocycles. The van der Waals surface area contributed by atoms with E-state index in [9.17, 15) is 8.42 Å². The Kier molecular flexibility index (Phi) is 4.18. The summed E-state index contributed by atoms with van der Waals surface area (Å²) in [5.74, 6) is 0. The highest BCUT2D eigenvalue weighted by Crippen LogP contribution is 2.11. The lowest BCUT2D eigenvalue weighted by molar-refractivity contribution is 0.607. The molecule has 0 fully saturated rings. The lowest BCUT2D eigenvalue weighted by atomic mass is 10.2. The van der Waals surface area contributed by atoms with E-state index in [4.69, 9.17) is 0 Å². The molecule has 0 atom stereocenters. The third-order valence-corrected chi connectivity index (χ3v) is 2.79. The fraction of sp³-hybridized carbons (Fsp3) is 0.333. The SMILES string of the molecule is CS(=O)(=O)Nc1ccc(CCI)cc1. The molecule has 0 unspecified atom stereocenters. The van der Waals surface area contributed by atoms with Gasteiger partial charge in [0.1, 0.15) is 0 Å². The van der Waals surface area contributed by atoms with E-state index >= 15 is 0 Å². The van der Waals surface area contributed by atoms with Crippen LogP contribution in [0.1, 0.15) is 5.56 Å². The number of aryl methyl sites for hydroxylation is 1. The molecule has 1 N–H and O–H groups in total. The first-order valence-corrected chi connectivity index (χ1v) is 7.55. The van der Waals surface area contributed by atoms with Crippen molar-refractivity contribution in [1.29, 1.82) is 0 Å². The molecule has 0 amide bonds. The van der Waals surface area contributed by atoms with Gasteiger partial charge in [0.15, 0.2) is 0 Å². The standard InChI is InChI=1S/C9H12INO2S/c1-14(12,13)11-9-4-2-8(3-5-9)6-7-10/h2-5,11H,6-7H2,1H3. The van der Waals surface area contributed by atoms with Crippen LogP contribution in [0.15, 0.2) is 24.3 Å². The minimum absolute atomic E-state index is 0.615. The summed E-state index contributed by atoms with van der Waals surface area (Å²) in [6.45, 7) is 0. The van der Waals surface area contributed by atoms with E-state index < -0.39 is 10.0 Å². The predicted octanol–water partition coefficient (Wildman–Crippen LogP) is 2.04. The van der Waals surface area contributed by atoms with Crippen molar-refractivity contribution in [2.24, 2.45) is 0 Å². The van der Waals surface area contributed by atoms with Crippen LogP contribution < -0.4 is 4.72 Å². The van der Waals surface area contributed by atoms with Gasteiger partial charge in [0.25, 0.3) is 0 Å². The van der Waals surface area contributed by atoms with Crippen molar-refractivity contribution in [2.45, 2.75) is 6.42 Å². The second-order valence-electron chi connectivity index (χ2n) is 3.01. The van der Waals surface area contributed by atoms with Crippen molar-refractivity contribution in [3.63, 3.8) is 0 Å². The highest BCUT2D eigenvalue weighted by Gasteiger charge is 2.00. The quantitative estimate of drug-likeness (QED) is 0.680. The minimum atomic E-state index is -3.15. The number of sulfonamides is 1. The van der Waals surface area contributed by atoms with Crippen molar-refractivity contribution in [3.8, 4) is 0 Å². The van der Waals surface area contributed by atoms with Crippen LogP contribution in [0, 0.1) is 0 Å². The van der Waals surface area contributed by atoms with Gasteiger partial charge in [0, 0.05) is 10.1 Å². The first-order valence-electron chi connectivity index (χ1n) is 4.14. The average molecular weight is 325 g/mol. The van der Waals surface area contributed by atoms with Crippen molar-refractivity contribution in [3.05, 3.63) is 29.8 Å². The summed E-state index contributed by atoms with van der Waals surface area (Å²) >= 11 is 2.31. The number of halogens is 1. The predicted molar refractivity (Wildman–Crippen MR) is 67.5 cm³/mol. The van der Waals surface area contributed by atoms with E-state index in [-0.39, 0.29) is 0 Å². The molecule has 0 aliphatic rings. The first kappa shape index (κ1) is 11.8. The molecular formula is C9H12INO2S. The largest absolute Gasteiger partial charge is 0.284 e. The summed E-state index contributed by atoms with van der Waals surface area (Å²) in [4.78, 5) is 0. The Hall–Kier alpha value is -0.300. The van der Waals surface area contributed by atoms with Crippen LogP contribution in [-0.4, -0.2) is 19.1 Å². The molecule has 14 heavy (non-hydrogen) atoms. The van der Waals surface area contributed by atoms with E-state index in [2.05, 4.69) is 27.3 Å². The van der Waals surface area contributed by atoms with Crippen LogP contribution in [0.4, 0.5) is 5.69 Å². The van der Waals surface area contributed by atoms with Gasteiger partial charge >= 0.3 is 0 Å². The van der Waals surface area contributed by atoms with Crippen molar-refractivity contribution >= 4 is 38.3 Å². The van der Waals surface area contributed by atoms with Gasteiger partial charge in [-0.3, -0.25) is 4.72 Å². The van der Waals surface area contributed by atoms with Crippen LogP contribution >= 0.6 is 22.6 Å². The van der Waals surface area contributed by atoms with Crippen LogP contribution in [0.25, 0.3) is 0 Å². The molecule has 0 aliphatic heterocycles. The molecule has 0 aromatic heterocycles. The lowest BCUT2D eigenvalue weighted by Crippen LogP contribution is -2.09. The van der Waals surface area contributed by atoms with E-state index in [1.54, 1.807) is 12.1 Å². The molecule has 1 aromatic rings. The number of hydrogen-bond acceptors (Lipinski definition) is 2. The van der Waals surface area contributed by atoms with Gasteiger partial charge in [0.2, 0.25) is 10.0 Å². The summed E-state index contributed by atoms with van der Waals surface area (Å²) in [5.41, 5.74) is 1.84. The fourth-order valence-corrected chi connectivity index (χ4v) is 2.25. The molecule has 1 aromatic carbocycles. The molecule has 78 valence electrons. The summed E-state index contributed by atoms with van der Waals surface area (Å²) in [7, 11) is -3.15. The monoisotopic (exact) mass is 325 g/mol. The van der Waals surface area contributed by atoms with Crippen LogP contribution in [0.3, 0.4) is 0 Å². The molecule has 0 radical (unpaired) electrons. The Labute approximate surface area is 98.1 Å². The molecule has 0 bridgehead atoms. The second kappa shape index (κ2) is 4.97. The first-order chi connectivity index (χ1) is 6.51. The van der Waals surface area contributed by atoms with Crippen LogP contribution in [0.2, 0.25) is 0 Å². The zero-order valence-corrected chi connectivity index (χ0v) is 10.8. The van der Waals surface area contributed by atoms with Gasteiger partial charge in [-0.25, -0.2) is 8.42 Å². The molecule has 0 heterocycles. The lowest BCUT2D eigenvalue weighted by Gasteiger charge is -2.04. The molecule has 5 heteroatoms. The highest BCUT2D eigenvalue weighted by molar-refractivity contribution is 14.1. The van der Waals surface area contributed by atoms with E-state index in [1.807, 2.05) is 12.1 Å². The molecule has 3 nitrogen and oxygen atoms in total. The normalized spacial score (nSPS) is 11.3. The number of benzene rings is 1. The number of rotatable bonds is 4. The van der Waals surface area contributed by atoms with Crippen LogP contribution in [0.5, 0.6) is 0 Å². The van der Waals surface area contributed by atoms with Gasteiger partial charge in [-0.2, -0.15) is 0 Å². The summed E-state index contributed by atoms with van der Waals surface area (Å²) in [6, 6.07) is 7.43. The number of anilines is 1. The maximum atomic E-state index is 10.9. The summed E-state index contributed by atoms with van der Waals surface area (Å²) in [5, 5.41) is 0. The van der Waals surface area contributed by atoms with Crippen molar-refractivity contribution in [1.82, 2.24) is 0 Å². The minimum Gasteiger partial charge on any atom is -0.284 e. The maximum absolute atomic E-state index is 10.9. The smallest absolute Gasteiger partial charge is 0.229 e. The second-order valence-corrected chi connectivity index (χ2v) is 5.84. The number of hydrogen-bond donors (Lipinski definition) is 1. The van der Waals surface area contributed by atoms with Gasteiger partial charge in [-0.1, -0.05) is 34.7 Å². The maximum Gasteiger partial charge on any atom is 0.229 e. The van der Waals surface area contributed by atoms with Crippen molar-refractivity contribution < 1.29 is 8.42 Å². The summed E-state index contributed by atoms with van der Waals surface area (Å²) in [6.07, 6.45) is 2.16. The van der Waals surface area contributed by atoms with Gasteiger partial charge < -0.3 is 0 Å². The highest BCUT2D eigenvalue weighted by atomic mass is 127. The Bertz CT molecular complexity index is 386. The van der Waals surface area contributed by atoms with E-state index in [0.717, 1.165) is 17.1 Å². The third kappa shape index (κ3) is 4.28. The van der Waals surface area contributed by atoms with Crippen molar-refractivity contribution in [2.75, 3.05) is 15.4 Å². The zero-order valence-electron chi connectivity index (χ0n) is 7.83.